The fraction of sp³-hybridized carbons (Fsp3) is 0.400. The van der Waals surface area contributed by atoms with Crippen LogP contribution in [0, 0.1) is 5.41 Å². The van der Waals surface area contributed by atoms with Gasteiger partial charge in [-0.3, -0.25) is 0 Å². The highest BCUT2D eigenvalue weighted by atomic mass is 14.4. The Hall–Kier alpha value is -1.56. The molecule has 1 atom stereocenters. The number of benzene rings is 1. The molecule has 0 N–H and O–H groups in total. The van der Waals surface area contributed by atoms with Crippen molar-refractivity contribution in [2.24, 2.45) is 5.41 Å². The van der Waals surface area contributed by atoms with Crippen LogP contribution < -0.4 is 0 Å². The number of hydrogen-bond donors (Lipinski definition) is 0. The fourth-order valence-electron chi connectivity index (χ4n) is 3.62. The summed E-state index contributed by atoms with van der Waals surface area (Å²) in [7, 11) is 0. The highest BCUT2D eigenvalue weighted by Gasteiger charge is 2.34. The summed E-state index contributed by atoms with van der Waals surface area (Å²) in [6, 6.07) is 8.98. The Morgan fingerprint density at radius 3 is 2.70 bits per heavy atom. The number of fused-ring (bicyclic) bond motifs is 1. The fourth-order valence-corrected chi connectivity index (χ4v) is 3.62. The minimum absolute atomic E-state index is 0.141. The van der Waals surface area contributed by atoms with Crippen LogP contribution in [0.2, 0.25) is 0 Å². The molecule has 1 aromatic rings. The average Bonchev–Trinajstić information content (AvgIpc) is 3.08. The molecule has 0 radical (unpaired) electrons. The molecule has 2 aliphatic carbocycles. The van der Waals surface area contributed by atoms with Gasteiger partial charge < -0.3 is 0 Å². The normalized spacial score (nSPS) is 20.9. The molecular formula is C20H24. The smallest absolute Gasteiger partial charge is 0.0114 e. The maximum absolute atomic E-state index is 2.54. The van der Waals surface area contributed by atoms with Crippen LogP contribution in [-0.4, -0.2) is 0 Å². The SMILES string of the molecule is CCCC1C=C(C(C)(C)C2=CC=CC2)c2ccccc21. The first-order valence-corrected chi connectivity index (χ1v) is 7.82. The second-order valence-corrected chi connectivity index (χ2v) is 6.51. The van der Waals surface area contributed by atoms with Crippen LogP contribution in [0.5, 0.6) is 0 Å². The Morgan fingerprint density at radius 1 is 1.20 bits per heavy atom. The van der Waals surface area contributed by atoms with Gasteiger partial charge in [0.2, 0.25) is 0 Å². The quantitative estimate of drug-likeness (QED) is 0.637. The Bertz CT molecular complexity index is 596. The van der Waals surface area contributed by atoms with Gasteiger partial charge in [0.1, 0.15) is 0 Å². The van der Waals surface area contributed by atoms with E-state index in [0.717, 1.165) is 6.42 Å². The summed E-state index contributed by atoms with van der Waals surface area (Å²) in [6.45, 7) is 7.04. The van der Waals surface area contributed by atoms with Crippen LogP contribution in [0.1, 0.15) is 57.1 Å². The van der Waals surface area contributed by atoms with E-state index in [4.69, 9.17) is 0 Å². The van der Waals surface area contributed by atoms with Crippen LogP contribution in [0.3, 0.4) is 0 Å². The zero-order valence-corrected chi connectivity index (χ0v) is 12.8. The van der Waals surface area contributed by atoms with Gasteiger partial charge in [0.05, 0.1) is 0 Å². The van der Waals surface area contributed by atoms with E-state index in [9.17, 15) is 0 Å². The lowest BCUT2D eigenvalue weighted by Crippen LogP contribution is -2.15. The number of rotatable bonds is 4. The molecule has 20 heavy (non-hydrogen) atoms. The first-order chi connectivity index (χ1) is 9.64. The van der Waals surface area contributed by atoms with Gasteiger partial charge in [0.25, 0.3) is 0 Å². The summed E-state index contributed by atoms with van der Waals surface area (Å²) in [6.07, 6.45) is 12.9. The summed E-state index contributed by atoms with van der Waals surface area (Å²) in [5.74, 6) is 0.612. The molecule has 0 heteroatoms. The summed E-state index contributed by atoms with van der Waals surface area (Å²) >= 11 is 0. The lowest BCUT2D eigenvalue weighted by molar-refractivity contribution is 0.592. The molecule has 0 heterocycles. The summed E-state index contributed by atoms with van der Waals surface area (Å²) in [5.41, 5.74) is 6.21. The van der Waals surface area contributed by atoms with E-state index in [-0.39, 0.29) is 5.41 Å². The van der Waals surface area contributed by atoms with Crippen LogP contribution in [0.4, 0.5) is 0 Å². The predicted molar refractivity (Wildman–Crippen MR) is 87.7 cm³/mol. The minimum atomic E-state index is 0.141. The van der Waals surface area contributed by atoms with Crippen LogP contribution in [0.25, 0.3) is 5.57 Å². The van der Waals surface area contributed by atoms with Crippen molar-refractivity contribution in [1.29, 1.82) is 0 Å². The van der Waals surface area contributed by atoms with E-state index < -0.39 is 0 Å². The molecule has 3 rings (SSSR count). The van der Waals surface area contributed by atoms with E-state index >= 15 is 0 Å². The van der Waals surface area contributed by atoms with Crippen molar-refractivity contribution in [3.05, 3.63) is 65.3 Å². The molecule has 0 saturated carbocycles. The highest BCUT2D eigenvalue weighted by Crippen LogP contribution is 2.50. The van der Waals surface area contributed by atoms with E-state index in [1.807, 2.05) is 0 Å². The van der Waals surface area contributed by atoms with Crippen LogP contribution in [-0.2, 0) is 0 Å². The molecular weight excluding hydrogens is 240 g/mol. The van der Waals surface area contributed by atoms with Gasteiger partial charge >= 0.3 is 0 Å². The third-order valence-electron chi connectivity index (χ3n) is 4.87. The maximum atomic E-state index is 2.54. The molecule has 1 aromatic carbocycles. The summed E-state index contributed by atoms with van der Waals surface area (Å²) in [4.78, 5) is 0. The average molecular weight is 264 g/mol. The van der Waals surface area contributed by atoms with Crippen molar-refractivity contribution in [1.82, 2.24) is 0 Å². The molecule has 0 nitrogen and oxygen atoms in total. The molecule has 0 bridgehead atoms. The van der Waals surface area contributed by atoms with Gasteiger partial charge in [0.15, 0.2) is 0 Å². The Labute approximate surface area is 122 Å². The van der Waals surface area contributed by atoms with Crippen LogP contribution in [0.15, 0.2) is 54.1 Å². The Balaban J connectivity index is 2.03. The van der Waals surface area contributed by atoms with Crippen molar-refractivity contribution in [2.75, 3.05) is 0 Å². The molecule has 0 spiro atoms. The van der Waals surface area contributed by atoms with Crippen molar-refractivity contribution in [2.45, 2.75) is 46.0 Å². The van der Waals surface area contributed by atoms with Gasteiger partial charge in [-0.2, -0.15) is 0 Å². The highest BCUT2D eigenvalue weighted by molar-refractivity contribution is 5.80. The minimum Gasteiger partial charge on any atom is -0.0804 e. The predicted octanol–water partition coefficient (Wildman–Crippen LogP) is 5.88. The second kappa shape index (κ2) is 5.09. The summed E-state index contributed by atoms with van der Waals surface area (Å²) < 4.78 is 0. The lowest BCUT2D eigenvalue weighted by atomic mass is 9.74. The number of allylic oxidation sites excluding steroid dienone is 6. The van der Waals surface area contributed by atoms with Gasteiger partial charge in [-0.25, -0.2) is 0 Å². The molecule has 0 aliphatic heterocycles. The molecule has 104 valence electrons. The second-order valence-electron chi connectivity index (χ2n) is 6.51. The van der Waals surface area contributed by atoms with Crippen molar-refractivity contribution in [3.63, 3.8) is 0 Å². The first-order valence-electron chi connectivity index (χ1n) is 7.82. The molecule has 2 aliphatic rings. The van der Waals surface area contributed by atoms with E-state index in [1.165, 1.54) is 35.1 Å². The topological polar surface area (TPSA) is 0 Å². The Kier molecular flexibility index (Phi) is 3.41. The van der Waals surface area contributed by atoms with Gasteiger partial charge in [-0.15, -0.1) is 0 Å². The number of hydrogen-bond acceptors (Lipinski definition) is 0. The van der Waals surface area contributed by atoms with E-state index in [0.29, 0.717) is 5.92 Å². The molecule has 0 amide bonds. The zero-order chi connectivity index (χ0) is 14.2. The largest absolute Gasteiger partial charge is 0.0804 e. The van der Waals surface area contributed by atoms with Crippen molar-refractivity contribution < 1.29 is 0 Å². The van der Waals surface area contributed by atoms with E-state index in [2.05, 4.69) is 69.3 Å². The van der Waals surface area contributed by atoms with Crippen molar-refractivity contribution >= 4 is 5.57 Å². The van der Waals surface area contributed by atoms with Crippen molar-refractivity contribution in [3.8, 4) is 0 Å². The monoisotopic (exact) mass is 264 g/mol. The zero-order valence-electron chi connectivity index (χ0n) is 12.8. The molecule has 0 saturated heterocycles. The lowest BCUT2D eigenvalue weighted by Gasteiger charge is -2.29. The summed E-state index contributed by atoms with van der Waals surface area (Å²) in [5, 5.41) is 0. The Morgan fingerprint density at radius 2 is 2.00 bits per heavy atom. The van der Waals surface area contributed by atoms with Gasteiger partial charge in [-0.1, -0.05) is 81.3 Å². The molecule has 0 aromatic heterocycles. The van der Waals surface area contributed by atoms with E-state index in [1.54, 1.807) is 0 Å². The van der Waals surface area contributed by atoms with Gasteiger partial charge in [-0.05, 0) is 29.5 Å². The third-order valence-corrected chi connectivity index (χ3v) is 4.87. The van der Waals surface area contributed by atoms with Crippen LogP contribution >= 0.6 is 0 Å². The van der Waals surface area contributed by atoms with Gasteiger partial charge in [0, 0.05) is 11.3 Å². The maximum Gasteiger partial charge on any atom is 0.0114 e. The standard InChI is InChI=1S/C20H24/c1-4-9-15-14-19(18-13-8-7-12-17(15)18)20(2,3)16-10-5-6-11-16/h5-8,10,12-15H,4,9,11H2,1-3H3. The third kappa shape index (κ3) is 2.08. The molecule has 1 unspecified atom stereocenters. The molecule has 0 fully saturated rings. The first kappa shape index (κ1) is 13.4.